The first-order valence-corrected chi connectivity index (χ1v) is 8.72. The summed E-state index contributed by atoms with van der Waals surface area (Å²) in [4.78, 5) is 0. The van der Waals surface area contributed by atoms with Crippen LogP contribution in [0.2, 0.25) is 0 Å². The fourth-order valence-corrected chi connectivity index (χ4v) is 4.29. The van der Waals surface area contributed by atoms with Gasteiger partial charge in [-0.1, -0.05) is 24.3 Å². The number of aliphatic hydroxyl groups is 1. The SMILES string of the molecule is Cn1ncc2c1CCCC2NCC1(O)CCCc2ccccc21. The second-order valence-corrected chi connectivity index (χ2v) is 7.04. The summed E-state index contributed by atoms with van der Waals surface area (Å²) in [6, 6.07) is 8.66. The van der Waals surface area contributed by atoms with Crippen molar-refractivity contribution < 1.29 is 5.11 Å². The molecule has 1 aromatic carbocycles. The second-order valence-electron chi connectivity index (χ2n) is 7.04. The highest BCUT2D eigenvalue weighted by Gasteiger charge is 2.35. The van der Waals surface area contributed by atoms with Crippen LogP contribution in [0.25, 0.3) is 0 Å². The number of rotatable bonds is 3. The van der Waals surface area contributed by atoms with Gasteiger partial charge in [-0.3, -0.25) is 4.68 Å². The predicted octanol–water partition coefficient (Wildman–Crippen LogP) is 2.61. The zero-order chi connectivity index (χ0) is 15.9. The first kappa shape index (κ1) is 14.9. The fourth-order valence-electron chi connectivity index (χ4n) is 4.29. The van der Waals surface area contributed by atoms with E-state index in [1.807, 2.05) is 24.0 Å². The zero-order valence-corrected chi connectivity index (χ0v) is 13.8. The third kappa shape index (κ3) is 2.60. The third-order valence-electron chi connectivity index (χ3n) is 5.57. The molecule has 2 aliphatic carbocycles. The highest BCUT2D eigenvalue weighted by molar-refractivity contribution is 5.35. The molecule has 4 nitrogen and oxygen atoms in total. The van der Waals surface area contributed by atoms with Crippen LogP contribution >= 0.6 is 0 Å². The molecule has 4 rings (SSSR count). The van der Waals surface area contributed by atoms with E-state index >= 15 is 0 Å². The van der Waals surface area contributed by atoms with Crippen molar-refractivity contribution in [2.24, 2.45) is 7.05 Å². The molecule has 0 amide bonds. The molecule has 0 spiro atoms. The van der Waals surface area contributed by atoms with Gasteiger partial charge in [-0.2, -0.15) is 5.10 Å². The largest absolute Gasteiger partial charge is 0.384 e. The Morgan fingerprint density at radius 2 is 2.17 bits per heavy atom. The number of fused-ring (bicyclic) bond motifs is 2. The summed E-state index contributed by atoms with van der Waals surface area (Å²) in [5.74, 6) is 0. The van der Waals surface area contributed by atoms with Crippen LogP contribution < -0.4 is 5.32 Å². The zero-order valence-electron chi connectivity index (χ0n) is 13.8. The first-order chi connectivity index (χ1) is 11.2. The van der Waals surface area contributed by atoms with Gasteiger partial charge in [0.05, 0.1) is 6.20 Å². The summed E-state index contributed by atoms with van der Waals surface area (Å²) < 4.78 is 1.99. The van der Waals surface area contributed by atoms with Crippen molar-refractivity contribution >= 4 is 0 Å². The van der Waals surface area contributed by atoms with Crippen LogP contribution in [0.1, 0.15) is 54.1 Å². The molecule has 0 radical (unpaired) electrons. The topological polar surface area (TPSA) is 50.1 Å². The average Bonchev–Trinajstić information content (AvgIpc) is 2.96. The minimum atomic E-state index is -0.741. The Balaban J connectivity index is 1.54. The van der Waals surface area contributed by atoms with Crippen LogP contribution in [0.15, 0.2) is 30.5 Å². The Labute approximate surface area is 137 Å². The van der Waals surface area contributed by atoms with Crippen LogP contribution in [0.3, 0.4) is 0 Å². The van der Waals surface area contributed by atoms with E-state index in [1.54, 1.807) is 0 Å². The average molecular weight is 311 g/mol. The second kappa shape index (κ2) is 5.77. The molecule has 2 N–H and O–H groups in total. The minimum absolute atomic E-state index is 0.311. The standard InChI is InChI=1S/C19H25N3O/c1-22-18-10-4-9-17(15(18)12-21-22)20-13-19(23)11-5-7-14-6-2-3-8-16(14)19/h2-3,6,8,12,17,20,23H,4-5,7,9-11,13H2,1H3. The third-order valence-corrected chi connectivity index (χ3v) is 5.57. The van der Waals surface area contributed by atoms with Crippen LogP contribution in [-0.4, -0.2) is 21.4 Å². The summed E-state index contributed by atoms with van der Waals surface area (Å²) in [5, 5.41) is 19.3. The quantitative estimate of drug-likeness (QED) is 0.916. The smallest absolute Gasteiger partial charge is 0.102 e. The summed E-state index contributed by atoms with van der Waals surface area (Å²) >= 11 is 0. The number of hydrogen-bond donors (Lipinski definition) is 2. The highest BCUT2D eigenvalue weighted by Crippen LogP contribution is 2.36. The first-order valence-electron chi connectivity index (χ1n) is 8.72. The Morgan fingerprint density at radius 1 is 1.30 bits per heavy atom. The lowest BCUT2D eigenvalue weighted by Gasteiger charge is -2.36. The van der Waals surface area contributed by atoms with E-state index in [9.17, 15) is 5.11 Å². The molecule has 2 aromatic rings. The molecule has 4 heteroatoms. The molecule has 0 saturated heterocycles. The Bertz CT molecular complexity index is 708. The van der Waals surface area contributed by atoms with E-state index in [0.717, 1.165) is 37.7 Å². The van der Waals surface area contributed by atoms with Crippen LogP contribution in [-0.2, 0) is 25.5 Å². The maximum absolute atomic E-state index is 11.2. The number of aromatic nitrogens is 2. The number of nitrogens with one attached hydrogen (secondary N) is 1. The van der Waals surface area contributed by atoms with Gasteiger partial charge in [0.2, 0.25) is 0 Å². The predicted molar refractivity (Wildman–Crippen MR) is 90.2 cm³/mol. The van der Waals surface area contributed by atoms with Crippen LogP contribution in [0.5, 0.6) is 0 Å². The summed E-state index contributed by atoms with van der Waals surface area (Å²) in [5.41, 5.74) is 4.32. The van der Waals surface area contributed by atoms with Crippen molar-refractivity contribution in [2.45, 2.75) is 50.2 Å². The summed E-state index contributed by atoms with van der Waals surface area (Å²) in [6.45, 7) is 0.614. The maximum atomic E-state index is 11.2. The van der Waals surface area contributed by atoms with Gasteiger partial charge in [-0.15, -0.1) is 0 Å². The van der Waals surface area contributed by atoms with Crippen molar-refractivity contribution in [3.8, 4) is 0 Å². The van der Waals surface area contributed by atoms with Gasteiger partial charge in [0.1, 0.15) is 5.60 Å². The summed E-state index contributed by atoms with van der Waals surface area (Å²) in [6.07, 6.45) is 8.37. The van der Waals surface area contributed by atoms with Crippen molar-refractivity contribution in [2.75, 3.05) is 6.54 Å². The van der Waals surface area contributed by atoms with Crippen molar-refractivity contribution in [1.82, 2.24) is 15.1 Å². The maximum Gasteiger partial charge on any atom is 0.102 e. The molecule has 1 heterocycles. The molecule has 122 valence electrons. The lowest BCUT2D eigenvalue weighted by Crippen LogP contribution is -2.42. The number of hydrogen-bond acceptors (Lipinski definition) is 3. The van der Waals surface area contributed by atoms with Gasteiger partial charge >= 0.3 is 0 Å². The van der Waals surface area contributed by atoms with Crippen LogP contribution in [0, 0.1) is 0 Å². The van der Waals surface area contributed by atoms with Gasteiger partial charge in [0.15, 0.2) is 0 Å². The van der Waals surface area contributed by atoms with Crippen LogP contribution in [0.4, 0.5) is 0 Å². The number of benzene rings is 1. The molecule has 0 saturated carbocycles. The lowest BCUT2D eigenvalue weighted by atomic mass is 9.78. The Morgan fingerprint density at radius 3 is 3.09 bits per heavy atom. The van der Waals surface area contributed by atoms with E-state index in [1.165, 1.54) is 23.2 Å². The molecular weight excluding hydrogens is 286 g/mol. The van der Waals surface area contributed by atoms with Gasteiger partial charge in [-0.05, 0) is 49.7 Å². The molecule has 2 aliphatic rings. The van der Waals surface area contributed by atoms with E-state index in [-0.39, 0.29) is 0 Å². The minimum Gasteiger partial charge on any atom is -0.384 e. The molecule has 1 aromatic heterocycles. The Kier molecular flexibility index (Phi) is 3.74. The Hall–Kier alpha value is -1.65. The molecular formula is C19H25N3O. The fraction of sp³-hybridized carbons (Fsp3) is 0.526. The molecule has 0 fully saturated rings. The van der Waals surface area contributed by atoms with E-state index in [2.05, 4.69) is 28.6 Å². The molecule has 2 unspecified atom stereocenters. The van der Waals surface area contributed by atoms with Crippen molar-refractivity contribution in [1.29, 1.82) is 0 Å². The van der Waals surface area contributed by atoms with Gasteiger partial charge < -0.3 is 10.4 Å². The van der Waals surface area contributed by atoms with E-state index in [4.69, 9.17) is 0 Å². The summed E-state index contributed by atoms with van der Waals surface area (Å²) in [7, 11) is 2.02. The van der Waals surface area contributed by atoms with Gasteiger partial charge in [-0.25, -0.2) is 0 Å². The molecule has 2 atom stereocenters. The molecule has 0 bridgehead atoms. The monoisotopic (exact) mass is 311 g/mol. The van der Waals surface area contributed by atoms with E-state index < -0.39 is 5.60 Å². The normalized spacial score (nSPS) is 26.6. The van der Waals surface area contributed by atoms with Crippen molar-refractivity contribution in [3.63, 3.8) is 0 Å². The number of nitrogens with zero attached hydrogens (tertiary/aromatic N) is 2. The highest BCUT2D eigenvalue weighted by atomic mass is 16.3. The lowest BCUT2D eigenvalue weighted by molar-refractivity contribution is 0.0160. The molecule has 23 heavy (non-hydrogen) atoms. The molecule has 0 aliphatic heterocycles. The number of aryl methyl sites for hydroxylation is 2. The van der Waals surface area contributed by atoms with Gasteiger partial charge in [0.25, 0.3) is 0 Å². The van der Waals surface area contributed by atoms with Crippen molar-refractivity contribution in [3.05, 3.63) is 52.8 Å². The van der Waals surface area contributed by atoms with E-state index in [0.29, 0.717) is 12.6 Å². The van der Waals surface area contributed by atoms with Gasteiger partial charge in [0, 0.05) is 30.9 Å².